The number of hydrazine groups is 1. The minimum Gasteiger partial charge on any atom is -0.382 e. The van der Waals surface area contributed by atoms with Crippen LogP contribution in [0.3, 0.4) is 0 Å². The first kappa shape index (κ1) is 15.0. The van der Waals surface area contributed by atoms with Gasteiger partial charge in [0.25, 0.3) is 0 Å². The molecule has 0 aliphatic heterocycles. The van der Waals surface area contributed by atoms with Crippen molar-refractivity contribution >= 4 is 0 Å². The van der Waals surface area contributed by atoms with Crippen LogP contribution in [0.2, 0.25) is 0 Å². The van der Waals surface area contributed by atoms with Crippen molar-refractivity contribution in [1.29, 1.82) is 0 Å². The summed E-state index contributed by atoms with van der Waals surface area (Å²) in [5, 5.41) is 0. The van der Waals surface area contributed by atoms with Crippen molar-refractivity contribution in [2.45, 2.75) is 38.3 Å². The van der Waals surface area contributed by atoms with Gasteiger partial charge in [0.1, 0.15) is 11.6 Å². The number of rotatable bonds is 7. The Hall–Kier alpha value is -1.04. The fourth-order valence-electron chi connectivity index (χ4n) is 1.76. The van der Waals surface area contributed by atoms with E-state index in [1.54, 1.807) is 7.11 Å². The molecule has 102 valence electrons. The van der Waals surface area contributed by atoms with Gasteiger partial charge in [0.15, 0.2) is 0 Å². The van der Waals surface area contributed by atoms with Crippen LogP contribution in [0.5, 0.6) is 0 Å². The Labute approximate surface area is 106 Å². The summed E-state index contributed by atoms with van der Waals surface area (Å²) in [6, 6.07) is 3.35. The molecule has 0 fully saturated rings. The summed E-state index contributed by atoms with van der Waals surface area (Å²) < 4.78 is 31.6. The third kappa shape index (κ3) is 4.68. The number of methoxy groups -OCH3 is 1. The van der Waals surface area contributed by atoms with Crippen LogP contribution in [0, 0.1) is 11.6 Å². The Morgan fingerprint density at radius 3 is 2.67 bits per heavy atom. The standard InChI is InChI=1S/C13H20F2N2O/c1-9(18-2)3-5-12(17-16)8-10-7-11(14)4-6-13(10)15/h4,6-7,9,12,17H,3,5,8,16H2,1-2H3. The van der Waals surface area contributed by atoms with Crippen LogP contribution in [0.1, 0.15) is 25.3 Å². The molecule has 0 amide bonds. The van der Waals surface area contributed by atoms with Crippen LogP contribution < -0.4 is 11.3 Å². The summed E-state index contributed by atoms with van der Waals surface area (Å²) in [5.41, 5.74) is 2.97. The highest BCUT2D eigenvalue weighted by Crippen LogP contribution is 2.14. The van der Waals surface area contributed by atoms with Crippen LogP contribution in [0.4, 0.5) is 8.78 Å². The normalized spacial score (nSPS) is 14.5. The maximum atomic E-state index is 13.5. The number of hydrogen-bond donors (Lipinski definition) is 2. The zero-order valence-electron chi connectivity index (χ0n) is 10.7. The summed E-state index contributed by atoms with van der Waals surface area (Å²) >= 11 is 0. The molecule has 1 rings (SSSR count). The van der Waals surface area contributed by atoms with E-state index in [1.807, 2.05) is 6.92 Å². The second-order valence-corrected chi connectivity index (χ2v) is 4.43. The molecule has 0 saturated heterocycles. The molecule has 2 unspecified atom stereocenters. The lowest BCUT2D eigenvalue weighted by molar-refractivity contribution is 0.106. The maximum Gasteiger partial charge on any atom is 0.126 e. The van der Waals surface area contributed by atoms with Crippen molar-refractivity contribution in [3.8, 4) is 0 Å². The summed E-state index contributed by atoms with van der Waals surface area (Å²) in [4.78, 5) is 0. The topological polar surface area (TPSA) is 47.3 Å². The zero-order valence-corrected chi connectivity index (χ0v) is 10.7. The molecule has 0 heterocycles. The highest BCUT2D eigenvalue weighted by molar-refractivity contribution is 5.19. The molecule has 5 heteroatoms. The predicted octanol–water partition coefficient (Wildman–Crippen LogP) is 2.15. The Morgan fingerprint density at radius 1 is 1.33 bits per heavy atom. The molecule has 0 aliphatic carbocycles. The summed E-state index contributed by atoms with van der Waals surface area (Å²) in [7, 11) is 1.64. The largest absolute Gasteiger partial charge is 0.382 e. The van der Waals surface area contributed by atoms with Crippen LogP contribution in [0.15, 0.2) is 18.2 Å². The third-order valence-corrected chi connectivity index (χ3v) is 3.03. The number of nitrogens with one attached hydrogen (secondary N) is 1. The molecule has 2 atom stereocenters. The molecular formula is C13H20F2N2O. The van der Waals surface area contributed by atoms with E-state index in [0.29, 0.717) is 12.0 Å². The third-order valence-electron chi connectivity index (χ3n) is 3.03. The molecule has 0 aliphatic rings. The van der Waals surface area contributed by atoms with Crippen LogP contribution in [-0.2, 0) is 11.2 Å². The molecule has 0 aromatic heterocycles. The quantitative estimate of drug-likeness (QED) is 0.582. The lowest BCUT2D eigenvalue weighted by Gasteiger charge is -2.18. The van der Waals surface area contributed by atoms with Gasteiger partial charge in [-0.3, -0.25) is 11.3 Å². The van der Waals surface area contributed by atoms with Gasteiger partial charge in [-0.2, -0.15) is 0 Å². The first-order valence-corrected chi connectivity index (χ1v) is 5.99. The molecular weight excluding hydrogens is 238 g/mol. The second-order valence-electron chi connectivity index (χ2n) is 4.43. The van der Waals surface area contributed by atoms with E-state index in [9.17, 15) is 8.78 Å². The first-order chi connectivity index (χ1) is 8.56. The highest BCUT2D eigenvalue weighted by atomic mass is 19.1. The smallest absolute Gasteiger partial charge is 0.126 e. The summed E-state index contributed by atoms with van der Waals surface area (Å²) in [6.45, 7) is 1.95. The van der Waals surface area contributed by atoms with Gasteiger partial charge in [-0.05, 0) is 49.9 Å². The highest BCUT2D eigenvalue weighted by Gasteiger charge is 2.13. The molecule has 1 aromatic rings. The van der Waals surface area contributed by atoms with Crippen molar-refractivity contribution in [2.24, 2.45) is 5.84 Å². The minimum absolute atomic E-state index is 0.0982. The lowest BCUT2D eigenvalue weighted by atomic mass is 10.0. The SMILES string of the molecule is COC(C)CCC(Cc1cc(F)ccc1F)NN. The number of hydrogen-bond acceptors (Lipinski definition) is 3. The fraction of sp³-hybridized carbons (Fsp3) is 0.538. The second kappa shape index (κ2) is 7.41. The first-order valence-electron chi connectivity index (χ1n) is 5.99. The molecule has 3 N–H and O–H groups in total. The Bertz CT molecular complexity index is 374. The lowest BCUT2D eigenvalue weighted by Crippen LogP contribution is -2.37. The monoisotopic (exact) mass is 258 g/mol. The fourth-order valence-corrected chi connectivity index (χ4v) is 1.76. The predicted molar refractivity (Wildman–Crippen MR) is 66.9 cm³/mol. The number of benzene rings is 1. The zero-order chi connectivity index (χ0) is 13.5. The van der Waals surface area contributed by atoms with Crippen molar-refractivity contribution in [3.05, 3.63) is 35.4 Å². The average molecular weight is 258 g/mol. The van der Waals surface area contributed by atoms with Gasteiger partial charge in [0.2, 0.25) is 0 Å². The average Bonchev–Trinajstić information content (AvgIpc) is 2.37. The van der Waals surface area contributed by atoms with Crippen LogP contribution in [-0.4, -0.2) is 19.3 Å². The van der Waals surface area contributed by atoms with Crippen molar-refractivity contribution in [2.75, 3.05) is 7.11 Å². The molecule has 0 radical (unpaired) electrons. The van der Waals surface area contributed by atoms with Crippen LogP contribution >= 0.6 is 0 Å². The summed E-state index contributed by atoms with van der Waals surface area (Å²) in [5.74, 6) is 4.59. The molecule has 0 saturated carbocycles. The van der Waals surface area contributed by atoms with Crippen molar-refractivity contribution in [1.82, 2.24) is 5.43 Å². The van der Waals surface area contributed by atoms with Gasteiger partial charge in [-0.15, -0.1) is 0 Å². The van der Waals surface area contributed by atoms with Gasteiger partial charge in [0.05, 0.1) is 6.10 Å². The van der Waals surface area contributed by atoms with Gasteiger partial charge in [0, 0.05) is 13.2 Å². The van der Waals surface area contributed by atoms with Gasteiger partial charge < -0.3 is 4.74 Å². The van der Waals surface area contributed by atoms with Crippen molar-refractivity contribution in [3.63, 3.8) is 0 Å². The maximum absolute atomic E-state index is 13.5. The summed E-state index contributed by atoms with van der Waals surface area (Å²) in [6.07, 6.45) is 2.03. The van der Waals surface area contributed by atoms with E-state index in [4.69, 9.17) is 10.6 Å². The van der Waals surface area contributed by atoms with Gasteiger partial charge >= 0.3 is 0 Å². The van der Waals surface area contributed by atoms with E-state index in [2.05, 4.69) is 5.43 Å². The van der Waals surface area contributed by atoms with Gasteiger partial charge in [-0.1, -0.05) is 0 Å². The molecule has 3 nitrogen and oxygen atoms in total. The van der Waals surface area contributed by atoms with E-state index in [-0.39, 0.29) is 12.1 Å². The minimum atomic E-state index is -0.438. The molecule has 18 heavy (non-hydrogen) atoms. The number of nitrogens with two attached hydrogens (primary N) is 1. The number of halogens is 2. The van der Waals surface area contributed by atoms with Crippen molar-refractivity contribution < 1.29 is 13.5 Å². The Balaban J connectivity index is 2.59. The molecule has 0 spiro atoms. The van der Waals surface area contributed by atoms with E-state index in [1.165, 1.54) is 6.07 Å². The van der Waals surface area contributed by atoms with E-state index in [0.717, 1.165) is 25.0 Å². The van der Waals surface area contributed by atoms with Gasteiger partial charge in [-0.25, -0.2) is 8.78 Å². The molecule has 0 bridgehead atoms. The number of ether oxygens (including phenoxy) is 1. The van der Waals surface area contributed by atoms with E-state index >= 15 is 0 Å². The van der Waals surface area contributed by atoms with E-state index < -0.39 is 11.6 Å². The molecule has 1 aromatic carbocycles. The Kier molecular flexibility index (Phi) is 6.18. The Morgan fingerprint density at radius 2 is 2.06 bits per heavy atom. The van der Waals surface area contributed by atoms with Crippen LogP contribution in [0.25, 0.3) is 0 Å².